The van der Waals surface area contributed by atoms with Crippen LogP contribution in [0.2, 0.25) is 0 Å². The van der Waals surface area contributed by atoms with Crippen molar-refractivity contribution < 1.29 is 19.2 Å². The van der Waals surface area contributed by atoms with Gasteiger partial charge in [0.25, 0.3) is 0 Å². The Bertz CT molecular complexity index is 2420. The smallest absolute Gasteiger partial charge is 0.197 e. The first kappa shape index (κ1) is 32.6. The molecule has 1 atom stereocenters. The Hall–Kier alpha value is -4.04. The van der Waals surface area contributed by atoms with Crippen LogP contribution in [0.4, 0.5) is 0 Å². The molecule has 6 aliphatic carbocycles. The van der Waals surface area contributed by atoms with Gasteiger partial charge in [-0.1, -0.05) is 87.6 Å². The number of thiophene rings is 3. The van der Waals surface area contributed by atoms with Crippen LogP contribution in [0.25, 0.3) is 26.6 Å². The summed E-state index contributed by atoms with van der Waals surface area (Å²) in [4.78, 5) is 58.5. The van der Waals surface area contributed by atoms with E-state index in [4.69, 9.17) is 0 Å². The standard InChI is InChI=1S/C45H38O4S3/c1-3-4-13-27-24(2)37(46)30(38(27)47)21-26-23-33-42(51-26)36-43(52-33)35-34(45(36)18-11-6-12-19-45)41-32(44(35)16-9-5-10-17-44)22-25(50-41)20-31-39(48)28-14-7-8-15-29(28)40(31)49/h3-4,7-8,13-15,20,22-23,30H,2,5-6,9-12,16-19,21H2,1H3/b4-3-,27-13+. The number of Topliss-reactive ketones (excluding diaryl/α,β-unsaturated/α-hetero) is 4. The summed E-state index contributed by atoms with van der Waals surface area (Å²) >= 11 is 5.53. The van der Waals surface area contributed by atoms with Crippen molar-refractivity contribution in [2.45, 2.75) is 88.4 Å². The maximum atomic E-state index is 13.4. The molecule has 7 heteroatoms. The second-order valence-corrected chi connectivity index (χ2v) is 18.7. The SMILES string of the molecule is C=C1C(=O)C(Cc2cc3sc4c(c3s2)C2(CCCCC2)C2=C4C3(CCCCC3)c3cc(C=C4C(=O)c5ccccc5C4=O)sc32)C(=O)/C1=C/C=C\C. The molecule has 4 aromatic rings. The van der Waals surface area contributed by atoms with Gasteiger partial charge in [-0.05, 0) is 79.5 Å². The highest BCUT2D eigenvalue weighted by atomic mass is 32.1. The fourth-order valence-corrected chi connectivity index (χ4v) is 14.9. The fourth-order valence-electron chi connectivity index (χ4n) is 10.5. The van der Waals surface area contributed by atoms with Gasteiger partial charge in [-0.2, -0.15) is 0 Å². The Balaban J connectivity index is 1.09. The van der Waals surface area contributed by atoms with Crippen molar-refractivity contribution in [3.63, 3.8) is 0 Å². The number of allylic oxidation sites excluding steroid dienone is 8. The Labute approximate surface area is 315 Å². The van der Waals surface area contributed by atoms with Crippen molar-refractivity contribution in [3.8, 4) is 0 Å². The van der Waals surface area contributed by atoms with Gasteiger partial charge in [0.1, 0.15) is 0 Å². The zero-order valence-corrected chi connectivity index (χ0v) is 31.6. The van der Waals surface area contributed by atoms with Gasteiger partial charge in [-0.25, -0.2) is 0 Å². The van der Waals surface area contributed by atoms with Crippen LogP contribution in [0.5, 0.6) is 0 Å². The highest BCUT2D eigenvalue weighted by Crippen LogP contribution is 2.72. The summed E-state index contributed by atoms with van der Waals surface area (Å²) in [5, 5.41) is 0. The van der Waals surface area contributed by atoms with E-state index in [1.54, 1.807) is 58.1 Å². The molecule has 1 unspecified atom stereocenters. The summed E-state index contributed by atoms with van der Waals surface area (Å²) in [5.74, 6) is -1.29. The molecule has 1 aromatic carbocycles. The van der Waals surface area contributed by atoms with Crippen molar-refractivity contribution in [3.05, 3.63) is 120 Å². The molecule has 0 amide bonds. The van der Waals surface area contributed by atoms with E-state index in [-0.39, 0.29) is 39.5 Å². The lowest BCUT2D eigenvalue weighted by atomic mass is 9.67. The number of rotatable bonds is 4. The van der Waals surface area contributed by atoms with E-state index < -0.39 is 5.92 Å². The first-order valence-electron chi connectivity index (χ1n) is 18.7. The molecule has 0 saturated heterocycles. The molecule has 3 saturated carbocycles. The van der Waals surface area contributed by atoms with Gasteiger partial charge in [0, 0.05) is 57.3 Å². The topological polar surface area (TPSA) is 68.3 Å². The summed E-state index contributed by atoms with van der Waals surface area (Å²) in [7, 11) is 0. The van der Waals surface area contributed by atoms with Crippen molar-refractivity contribution in [2.75, 3.05) is 0 Å². The normalized spacial score (nSPS) is 23.7. The molecule has 0 aliphatic heterocycles. The zero-order chi connectivity index (χ0) is 35.5. The van der Waals surface area contributed by atoms with Gasteiger partial charge in [0.15, 0.2) is 23.1 Å². The van der Waals surface area contributed by atoms with E-state index in [2.05, 4.69) is 18.7 Å². The van der Waals surface area contributed by atoms with Gasteiger partial charge in [0.05, 0.1) is 16.2 Å². The van der Waals surface area contributed by atoms with E-state index in [0.29, 0.717) is 28.7 Å². The number of carbonyl (C=O) groups excluding carboxylic acids is 4. The number of carbonyl (C=O) groups is 4. The molecular weight excluding hydrogens is 701 g/mol. The monoisotopic (exact) mass is 738 g/mol. The number of ketones is 4. The predicted octanol–water partition coefficient (Wildman–Crippen LogP) is 11.2. The molecule has 4 nitrogen and oxygen atoms in total. The molecule has 0 N–H and O–H groups in total. The predicted molar refractivity (Wildman–Crippen MR) is 213 cm³/mol. The number of fused-ring (bicyclic) bond motifs is 11. The van der Waals surface area contributed by atoms with Crippen molar-refractivity contribution >= 4 is 83.8 Å². The summed E-state index contributed by atoms with van der Waals surface area (Å²) in [6, 6.07) is 11.8. The molecule has 0 radical (unpaired) electrons. The molecule has 3 heterocycles. The lowest BCUT2D eigenvalue weighted by Crippen LogP contribution is -2.28. The Morgan fingerprint density at radius 3 is 2.10 bits per heavy atom. The molecule has 6 aliphatic rings. The zero-order valence-electron chi connectivity index (χ0n) is 29.2. The van der Waals surface area contributed by atoms with Crippen LogP contribution in [-0.2, 0) is 26.8 Å². The molecule has 3 fully saturated rings. The molecule has 2 spiro atoms. The third kappa shape index (κ3) is 4.30. The Morgan fingerprint density at radius 2 is 1.42 bits per heavy atom. The van der Waals surface area contributed by atoms with E-state index >= 15 is 0 Å². The second-order valence-electron chi connectivity index (χ2n) is 15.5. The summed E-state index contributed by atoms with van der Waals surface area (Å²) < 4.78 is 2.63. The summed E-state index contributed by atoms with van der Waals surface area (Å²) in [6.45, 7) is 5.87. The van der Waals surface area contributed by atoms with Gasteiger partial charge >= 0.3 is 0 Å². The minimum atomic E-state index is -0.699. The van der Waals surface area contributed by atoms with Crippen molar-refractivity contribution in [2.24, 2.45) is 5.92 Å². The summed E-state index contributed by atoms with van der Waals surface area (Å²) in [5.41, 5.74) is 8.02. The van der Waals surface area contributed by atoms with Gasteiger partial charge in [0.2, 0.25) is 0 Å². The van der Waals surface area contributed by atoms with Crippen LogP contribution in [0.1, 0.15) is 122 Å². The Morgan fingerprint density at radius 1 is 0.769 bits per heavy atom. The van der Waals surface area contributed by atoms with E-state index in [1.165, 1.54) is 68.8 Å². The molecule has 0 bridgehead atoms. The van der Waals surface area contributed by atoms with E-state index in [9.17, 15) is 19.2 Å². The van der Waals surface area contributed by atoms with E-state index in [0.717, 1.165) is 35.4 Å². The summed E-state index contributed by atoms with van der Waals surface area (Å²) in [6.07, 6.45) is 19.4. The second kappa shape index (κ2) is 11.7. The number of benzene rings is 1. The Kier molecular flexibility index (Phi) is 7.35. The van der Waals surface area contributed by atoms with Crippen molar-refractivity contribution in [1.82, 2.24) is 0 Å². The first-order chi connectivity index (χ1) is 25.3. The maximum Gasteiger partial charge on any atom is 0.197 e. The lowest BCUT2D eigenvalue weighted by Gasteiger charge is -2.37. The largest absolute Gasteiger partial charge is 0.293 e. The van der Waals surface area contributed by atoms with Crippen LogP contribution >= 0.6 is 34.0 Å². The van der Waals surface area contributed by atoms with Crippen LogP contribution in [0.3, 0.4) is 0 Å². The minimum absolute atomic E-state index is 0.0486. The minimum Gasteiger partial charge on any atom is -0.293 e. The highest BCUT2D eigenvalue weighted by molar-refractivity contribution is 7.29. The maximum absolute atomic E-state index is 13.4. The average molecular weight is 739 g/mol. The van der Waals surface area contributed by atoms with Crippen molar-refractivity contribution in [1.29, 1.82) is 0 Å². The van der Waals surface area contributed by atoms with Gasteiger partial charge in [-0.15, -0.1) is 34.0 Å². The molecule has 52 heavy (non-hydrogen) atoms. The molecule has 260 valence electrons. The van der Waals surface area contributed by atoms with Gasteiger partial charge in [-0.3, -0.25) is 19.2 Å². The number of hydrogen-bond donors (Lipinski definition) is 0. The van der Waals surface area contributed by atoms with Crippen LogP contribution in [0.15, 0.2) is 77.9 Å². The van der Waals surface area contributed by atoms with E-state index in [1.807, 2.05) is 42.5 Å². The third-order valence-corrected chi connectivity index (χ3v) is 16.4. The van der Waals surface area contributed by atoms with Crippen LogP contribution in [0, 0.1) is 5.92 Å². The van der Waals surface area contributed by atoms with Gasteiger partial charge < -0.3 is 0 Å². The third-order valence-electron chi connectivity index (χ3n) is 12.8. The number of hydrogen-bond acceptors (Lipinski definition) is 7. The fraction of sp³-hybridized carbons (Fsp3) is 0.333. The lowest BCUT2D eigenvalue weighted by molar-refractivity contribution is -0.125. The van der Waals surface area contributed by atoms with Crippen LogP contribution < -0.4 is 0 Å². The molecular formula is C45H38O4S3. The molecule has 10 rings (SSSR count). The highest BCUT2D eigenvalue weighted by Gasteiger charge is 2.59. The molecule has 3 aromatic heterocycles. The van der Waals surface area contributed by atoms with Crippen LogP contribution in [-0.4, -0.2) is 23.1 Å². The average Bonchev–Trinajstić information content (AvgIpc) is 4.00. The quantitative estimate of drug-likeness (QED) is 0.119. The first-order valence-corrected chi connectivity index (χ1v) is 21.2.